The van der Waals surface area contributed by atoms with E-state index in [4.69, 9.17) is 5.11 Å². The number of carbonyl (C=O) groups excluding carboxylic acids is 2. The number of amides is 2. The lowest BCUT2D eigenvalue weighted by molar-refractivity contribution is -0.140. The fourth-order valence-corrected chi connectivity index (χ4v) is 2.91. The van der Waals surface area contributed by atoms with Crippen LogP contribution in [-0.4, -0.2) is 21.8 Å². The maximum absolute atomic E-state index is 13.0. The van der Waals surface area contributed by atoms with E-state index >= 15 is 0 Å². The summed E-state index contributed by atoms with van der Waals surface area (Å²) in [5.41, 5.74) is 2.47. The Hall–Kier alpha value is -2.53. The highest BCUT2D eigenvalue weighted by Gasteiger charge is 2.38. The van der Waals surface area contributed by atoms with Crippen LogP contribution in [0.5, 0.6) is 0 Å². The second-order valence-electron chi connectivity index (χ2n) is 6.02. The lowest BCUT2D eigenvalue weighted by Gasteiger charge is -2.15. The number of carbonyl (C=O) groups is 2. The smallest absolute Gasteiger partial charge is 0.233 e. The number of halogens is 1. The average molecular weight is 327 g/mol. The van der Waals surface area contributed by atoms with Crippen LogP contribution in [0.2, 0.25) is 0 Å². The minimum absolute atomic E-state index is 0.0401. The van der Waals surface area contributed by atoms with Crippen molar-refractivity contribution < 1.29 is 19.1 Å². The van der Waals surface area contributed by atoms with Crippen molar-refractivity contribution in [3.05, 3.63) is 71.0 Å². The van der Waals surface area contributed by atoms with Gasteiger partial charge in [-0.1, -0.05) is 36.4 Å². The molecular formula is C19H18FNO3. The van der Waals surface area contributed by atoms with E-state index in [1.807, 2.05) is 0 Å². The van der Waals surface area contributed by atoms with Gasteiger partial charge in [0, 0.05) is 6.42 Å². The Balaban J connectivity index is 1.67. The van der Waals surface area contributed by atoms with E-state index in [-0.39, 0.29) is 43.1 Å². The summed E-state index contributed by atoms with van der Waals surface area (Å²) in [5.74, 6) is -1.07. The SMILES string of the molecule is O=C1CC(Cc2ccc(F)cc2)C(=O)N1Cc1ccc(CO)cc1. The van der Waals surface area contributed by atoms with Crippen molar-refractivity contribution in [3.8, 4) is 0 Å². The lowest BCUT2D eigenvalue weighted by Crippen LogP contribution is -2.30. The van der Waals surface area contributed by atoms with Gasteiger partial charge in [-0.3, -0.25) is 14.5 Å². The van der Waals surface area contributed by atoms with E-state index in [0.717, 1.165) is 16.7 Å². The van der Waals surface area contributed by atoms with Gasteiger partial charge in [0.1, 0.15) is 5.82 Å². The van der Waals surface area contributed by atoms with E-state index in [1.54, 1.807) is 36.4 Å². The zero-order chi connectivity index (χ0) is 17.1. The van der Waals surface area contributed by atoms with Gasteiger partial charge in [0.15, 0.2) is 0 Å². The molecule has 2 aromatic carbocycles. The van der Waals surface area contributed by atoms with Crippen molar-refractivity contribution in [1.82, 2.24) is 4.90 Å². The van der Waals surface area contributed by atoms with Crippen LogP contribution >= 0.6 is 0 Å². The van der Waals surface area contributed by atoms with Gasteiger partial charge < -0.3 is 5.11 Å². The van der Waals surface area contributed by atoms with Crippen molar-refractivity contribution >= 4 is 11.8 Å². The standard InChI is InChI=1S/C19H18FNO3/c20-17-7-5-13(6-8-17)9-16-10-18(23)21(19(16)24)11-14-1-3-15(12-22)4-2-14/h1-8,16,22H,9-12H2. The first-order valence-corrected chi connectivity index (χ1v) is 7.84. The first-order chi connectivity index (χ1) is 11.6. The average Bonchev–Trinajstić information content (AvgIpc) is 2.85. The normalized spacial score (nSPS) is 17.6. The Labute approximate surface area is 139 Å². The van der Waals surface area contributed by atoms with Gasteiger partial charge >= 0.3 is 0 Å². The molecule has 0 radical (unpaired) electrons. The van der Waals surface area contributed by atoms with Crippen molar-refractivity contribution in [3.63, 3.8) is 0 Å². The van der Waals surface area contributed by atoms with Crippen LogP contribution in [0.25, 0.3) is 0 Å². The number of likely N-dealkylation sites (tertiary alicyclic amines) is 1. The molecule has 1 unspecified atom stereocenters. The highest BCUT2D eigenvalue weighted by Crippen LogP contribution is 2.25. The number of benzene rings is 2. The van der Waals surface area contributed by atoms with Crippen LogP contribution in [-0.2, 0) is 29.2 Å². The van der Waals surface area contributed by atoms with Crippen molar-refractivity contribution in [2.24, 2.45) is 5.92 Å². The fraction of sp³-hybridized carbons (Fsp3) is 0.263. The summed E-state index contributed by atoms with van der Waals surface area (Å²) in [5, 5.41) is 9.05. The maximum atomic E-state index is 13.0. The molecule has 2 aromatic rings. The van der Waals surface area contributed by atoms with E-state index in [9.17, 15) is 14.0 Å². The number of aliphatic hydroxyl groups is 1. The summed E-state index contributed by atoms with van der Waals surface area (Å²) in [7, 11) is 0. The summed E-state index contributed by atoms with van der Waals surface area (Å²) in [6.07, 6.45) is 0.621. The predicted molar refractivity (Wildman–Crippen MR) is 86.1 cm³/mol. The van der Waals surface area contributed by atoms with Crippen LogP contribution in [0, 0.1) is 11.7 Å². The molecule has 0 spiro atoms. The predicted octanol–water partition coefficient (Wildman–Crippen LogP) is 2.44. The highest BCUT2D eigenvalue weighted by atomic mass is 19.1. The Bertz CT molecular complexity index is 740. The van der Waals surface area contributed by atoms with Crippen molar-refractivity contribution in [2.75, 3.05) is 0 Å². The van der Waals surface area contributed by atoms with Gasteiger partial charge in [0.05, 0.1) is 19.1 Å². The molecule has 1 N–H and O–H groups in total. The minimum Gasteiger partial charge on any atom is -0.392 e. The van der Waals surface area contributed by atoms with E-state index in [0.29, 0.717) is 6.42 Å². The highest BCUT2D eigenvalue weighted by molar-refractivity contribution is 6.03. The van der Waals surface area contributed by atoms with Gasteiger partial charge in [0.25, 0.3) is 0 Å². The Morgan fingerprint density at radius 1 is 0.958 bits per heavy atom. The lowest BCUT2D eigenvalue weighted by atomic mass is 9.98. The number of hydrogen-bond donors (Lipinski definition) is 1. The molecule has 5 heteroatoms. The third-order valence-electron chi connectivity index (χ3n) is 4.28. The van der Waals surface area contributed by atoms with Crippen LogP contribution in [0.1, 0.15) is 23.1 Å². The molecule has 1 aliphatic rings. The van der Waals surface area contributed by atoms with Crippen LogP contribution in [0.3, 0.4) is 0 Å². The van der Waals surface area contributed by atoms with Crippen molar-refractivity contribution in [2.45, 2.75) is 26.0 Å². The Kier molecular flexibility index (Phi) is 4.71. The van der Waals surface area contributed by atoms with Crippen LogP contribution in [0.4, 0.5) is 4.39 Å². The second-order valence-corrected chi connectivity index (χ2v) is 6.02. The van der Waals surface area contributed by atoms with Gasteiger partial charge in [-0.25, -0.2) is 4.39 Å². The summed E-state index contributed by atoms with van der Waals surface area (Å²) >= 11 is 0. The molecular weight excluding hydrogens is 309 g/mol. The monoisotopic (exact) mass is 327 g/mol. The summed E-state index contributed by atoms with van der Waals surface area (Å²) in [6, 6.07) is 13.2. The largest absolute Gasteiger partial charge is 0.392 e. The molecule has 3 rings (SSSR count). The molecule has 0 bridgehead atoms. The van der Waals surface area contributed by atoms with Crippen LogP contribution < -0.4 is 0 Å². The molecule has 24 heavy (non-hydrogen) atoms. The summed E-state index contributed by atoms with van der Waals surface area (Å²) in [4.78, 5) is 26.0. The quantitative estimate of drug-likeness (QED) is 0.858. The molecule has 4 nitrogen and oxygen atoms in total. The topological polar surface area (TPSA) is 57.6 Å². The van der Waals surface area contributed by atoms with E-state index in [2.05, 4.69) is 0 Å². The molecule has 2 amide bonds. The Morgan fingerprint density at radius 2 is 1.54 bits per heavy atom. The minimum atomic E-state index is -0.389. The zero-order valence-electron chi connectivity index (χ0n) is 13.1. The number of imide groups is 1. The van der Waals surface area contributed by atoms with Crippen LogP contribution in [0.15, 0.2) is 48.5 Å². The number of aliphatic hydroxyl groups excluding tert-OH is 1. The first-order valence-electron chi connectivity index (χ1n) is 7.84. The third kappa shape index (κ3) is 3.51. The zero-order valence-corrected chi connectivity index (χ0v) is 13.1. The summed E-state index contributed by atoms with van der Waals surface area (Å²) < 4.78 is 13.0. The van der Waals surface area contributed by atoms with Gasteiger partial charge in [0.2, 0.25) is 11.8 Å². The van der Waals surface area contributed by atoms with Crippen molar-refractivity contribution in [1.29, 1.82) is 0 Å². The fourth-order valence-electron chi connectivity index (χ4n) is 2.91. The molecule has 0 aromatic heterocycles. The molecule has 1 fully saturated rings. The second kappa shape index (κ2) is 6.93. The molecule has 124 valence electrons. The first kappa shape index (κ1) is 16.3. The van der Waals surface area contributed by atoms with E-state index in [1.165, 1.54) is 17.0 Å². The maximum Gasteiger partial charge on any atom is 0.233 e. The molecule has 1 atom stereocenters. The molecule has 1 saturated heterocycles. The third-order valence-corrected chi connectivity index (χ3v) is 4.28. The van der Waals surface area contributed by atoms with Gasteiger partial charge in [-0.15, -0.1) is 0 Å². The Morgan fingerprint density at radius 3 is 2.17 bits per heavy atom. The van der Waals surface area contributed by atoms with Gasteiger partial charge in [-0.05, 0) is 35.2 Å². The molecule has 1 heterocycles. The number of nitrogens with zero attached hydrogens (tertiary/aromatic N) is 1. The number of rotatable bonds is 5. The van der Waals surface area contributed by atoms with E-state index < -0.39 is 0 Å². The molecule has 0 saturated carbocycles. The summed E-state index contributed by atoms with van der Waals surface area (Å²) in [6.45, 7) is 0.199. The van der Waals surface area contributed by atoms with Gasteiger partial charge in [-0.2, -0.15) is 0 Å². The molecule has 0 aliphatic carbocycles. The molecule has 1 aliphatic heterocycles. The number of hydrogen-bond acceptors (Lipinski definition) is 3.